The number of nitro groups is 1. The van der Waals surface area contributed by atoms with E-state index in [0.29, 0.717) is 79.9 Å². The number of sulfonamides is 1. The van der Waals surface area contributed by atoms with E-state index in [1.165, 1.54) is 17.7 Å². The number of piperazine rings is 1. The molecule has 4 saturated heterocycles. The molecule has 7 atom stereocenters. The van der Waals surface area contributed by atoms with Gasteiger partial charge in [0.15, 0.2) is 0 Å². The molecule has 2 aromatic heterocycles. The fraction of sp³-hybridized carbons (Fsp3) is 0.574. The van der Waals surface area contributed by atoms with Gasteiger partial charge in [-0.15, -0.1) is 0 Å². The molecular formula is C61H79N9O10S. The smallest absolute Gasteiger partial charge is 0.293 e. The lowest BCUT2D eigenvalue weighted by Crippen LogP contribution is -2.66. The van der Waals surface area contributed by atoms with E-state index in [9.17, 15) is 28.4 Å². The molecule has 7 aliphatic rings. The van der Waals surface area contributed by atoms with Crippen LogP contribution in [0.5, 0.6) is 11.6 Å². The zero-order valence-corrected chi connectivity index (χ0v) is 48.2. The van der Waals surface area contributed by atoms with Crippen molar-refractivity contribution in [3.63, 3.8) is 0 Å². The van der Waals surface area contributed by atoms with E-state index in [1.54, 1.807) is 6.07 Å². The second-order valence-corrected chi connectivity index (χ2v) is 26.5. The molecule has 3 aromatic carbocycles. The van der Waals surface area contributed by atoms with Crippen LogP contribution in [0.2, 0.25) is 0 Å². The molecular weight excluding hydrogens is 1050 g/mol. The third-order valence-corrected chi connectivity index (χ3v) is 20.7. The fourth-order valence-electron chi connectivity index (χ4n) is 14.8. The van der Waals surface area contributed by atoms with E-state index in [-0.39, 0.29) is 46.8 Å². The molecule has 0 bridgehead atoms. The molecule has 20 heteroatoms. The number of piperidine rings is 1. The highest BCUT2D eigenvalue weighted by Crippen LogP contribution is 2.59. The number of anilines is 4. The van der Waals surface area contributed by atoms with Crippen molar-refractivity contribution in [3.05, 3.63) is 100 Å². The Labute approximate surface area is 475 Å². The summed E-state index contributed by atoms with van der Waals surface area (Å²) in [5, 5.41) is 26.9. The second kappa shape index (κ2) is 22.3. The van der Waals surface area contributed by atoms with Gasteiger partial charge in [-0.2, -0.15) is 4.98 Å². The van der Waals surface area contributed by atoms with Crippen LogP contribution in [0.4, 0.5) is 28.4 Å². The van der Waals surface area contributed by atoms with Gasteiger partial charge in [-0.05, 0) is 158 Å². The van der Waals surface area contributed by atoms with E-state index in [1.807, 2.05) is 37.4 Å². The summed E-state index contributed by atoms with van der Waals surface area (Å²) >= 11 is 0. The SMILES string of the molecule is CC(C)Oc1ccccc1[C@@H]1CN(C2CCOCC2)CCN1[C@H]1C[C@@]2(CCN(c3ccc(C(=O)NS(=O)(=O)c4ccc(NCC5CCC(C)(O)CC5)c([N+](=O)[O-])c4)c(N4c5cc6cc[nH]c6nc5O[C@H]5COCC[C@@H]54)c3)[C@@H](C)C2)[C@@H]1C. The van der Waals surface area contributed by atoms with Crippen molar-refractivity contribution < 1.29 is 42.2 Å². The van der Waals surface area contributed by atoms with Crippen molar-refractivity contribution in [2.75, 3.05) is 74.3 Å². The molecule has 7 heterocycles. The first-order valence-corrected chi connectivity index (χ1v) is 31.0. The number of carbonyl (C=O) groups excluding carboxylic acids is 1. The summed E-state index contributed by atoms with van der Waals surface area (Å²) in [5.41, 5.74) is 3.22. The minimum atomic E-state index is -4.65. The molecule has 4 N–H and O–H groups in total. The van der Waals surface area contributed by atoms with Crippen LogP contribution < -0.4 is 29.3 Å². The van der Waals surface area contributed by atoms with Crippen LogP contribution in [0.3, 0.4) is 0 Å². The van der Waals surface area contributed by atoms with E-state index in [2.05, 4.69) is 86.6 Å². The number of aromatic nitrogens is 2. The number of nitrogens with one attached hydrogen (secondary N) is 3. The lowest BCUT2D eigenvalue weighted by Gasteiger charge is -2.64. The summed E-state index contributed by atoms with van der Waals surface area (Å²) in [6.07, 6.45) is 9.98. The number of aliphatic hydroxyl groups is 1. The normalized spacial score (nSPS) is 29.4. The Bertz CT molecular complexity index is 3250. The predicted octanol–water partition coefficient (Wildman–Crippen LogP) is 9.34. The van der Waals surface area contributed by atoms with Gasteiger partial charge in [-0.3, -0.25) is 24.7 Å². The maximum absolute atomic E-state index is 14.9. The van der Waals surface area contributed by atoms with Gasteiger partial charge in [0, 0.05) is 99.6 Å². The highest BCUT2D eigenvalue weighted by molar-refractivity contribution is 7.90. The zero-order valence-electron chi connectivity index (χ0n) is 47.3. The maximum Gasteiger partial charge on any atom is 0.293 e. The molecule has 0 radical (unpaired) electrons. The number of pyridine rings is 1. The number of nitrogens with zero attached hydrogens (tertiary/aromatic N) is 6. The standard InChI is InChI=1S/C61H79N9O10S/c1-38(2)79-55-9-7-6-8-46(55)54-36-66(43-17-27-77-28-18-43)25-26-68(54)53-34-61(40(53)4)22-24-67(39(3)33-61)44-10-12-47(50(31-44)69-49-19-29-78-37-56(49)80-59-52(69)30-42-16-23-62-57(42)64-59)58(71)65-81(75,76)45-11-13-48(51(32-45)70(73)74)63-35-41-14-20-60(5,72)21-15-41/h6-13,16,23,30-32,38-41,43,49,53-54,56,63,72H,14-15,17-22,24-29,33-37H2,1-5H3,(H,62,64)(H,65,71)/t39-,40+,41?,49-,53-,54-,56-,60?,61-/m0/s1. The molecule has 2 aliphatic carbocycles. The molecule has 81 heavy (non-hydrogen) atoms. The number of benzene rings is 3. The molecule has 1 spiro atoms. The van der Waals surface area contributed by atoms with Crippen LogP contribution in [-0.2, 0) is 19.5 Å². The predicted molar refractivity (Wildman–Crippen MR) is 310 cm³/mol. The Morgan fingerprint density at radius 2 is 1.72 bits per heavy atom. The Hall–Kier alpha value is -6.03. The van der Waals surface area contributed by atoms with Gasteiger partial charge in [-0.1, -0.05) is 25.1 Å². The first kappa shape index (κ1) is 55.5. The summed E-state index contributed by atoms with van der Waals surface area (Å²) in [4.78, 5) is 44.5. The Balaban J connectivity index is 0.826. The van der Waals surface area contributed by atoms with Crippen molar-refractivity contribution in [3.8, 4) is 11.6 Å². The monoisotopic (exact) mass is 1130 g/mol. The summed E-state index contributed by atoms with van der Waals surface area (Å²) in [6.45, 7) is 17.4. The number of carbonyl (C=O) groups is 1. The van der Waals surface area contributed by atoms with E-state index in [0.717, 1.165) is 107 Å². The van der Waals surface area contributed by atoms with Crippen molar-refractivity contribution in [1.82, 2.24) is 24.5 Å². The van der Waals surface area contributed by atoms with Crippen LogP contribution in [-0.4, -0.2) is 145 Å². The van der Waals surface area contributed by atoms with Gasteiger partial charge in [0.05, 0.1) is 51.5 Å². The average Bonchev–Trinajstić information content (AvgIpc) is 3.41. The minimum Gasteiger partial charge on any atom is -0.491 e. The number of ether oxygens (including phenoxy) is 4. The molecule has 6 fully saturated rings. The van der Waals surface area contributed by atoms with Gasteiger partial charge in [0.2, 0.25) is 5.88 Å². The average molecular weight is 1130 g/mol. The number of H-pyrrole nitrogens is 1. The van der Waals surface area contributed by atoms with Crippen LogP contribution >= 0.6 is 0 Å². The molecule has 1 amide bonds. The Morgan fingerprint density at radius 3 is 2.48 bits per heavy atom. The molecule has 5 aliphatic heterocycles. The minimum absolute atomic E-state index is 0.0627. The topological polar surface area (TPSA) is 217 Å². The van der Waals surface area contributed by atoms with Gasteiger partial charge in [0.1, 0.15) is 28.9 Å². The van der Waals surface area contributed by atoms with Gasteiger partial charge < -0.3 is 44.2 Å². The molecule has 5 aromatic rings. The fourth-order valence-corrected chi connectivity index (χ4v) is 15.8. The van der Waals surface area contributed by atoms with Crippen molar-refractivity contribution in [1.29, 1.82) is 0 Å². The van der Waals surface area contributed by atoms with Crippen LogP contribution in [0.25, 0.3) is 11.0 Å². The maximum atomic E-state index is 14.9. The number of nitro benzene ring substituents is 1. The highest BCUT2D eigenvalue weighted by atomic mass is 32.2. The first-order valence-electron chi connectivity index (χ1n) is 29.5. The summed E-state index contributed by atoms with van der Waals surface area (Å²) in [5.74, 6) is 1.09. The Morgan fingerprint density at radius 1 is 0.926 bits per heavy atom. The highest BCUT2D eigenvalue weighted by Gasteiger charge is 2.57. The summed E-state index contributed by atoms with van der Waals surface area (Å²) < 4.78 is 55.8. The summed E-state index contributed by atoms with van der Waals surface area (Å²) in [6, 6.07) is 22.8. The summed E-state index contributed by atoms with van der Waals surface area (Å²) in [7, 11) is -4.65. The van der Waals surface area contributed by atoms with Gasteiger partial charge >= 0.3 is 0 Å². The number of fused-ring (bicyclic) bond motifs is 3. The quantitative estimate of drug-likeness (QED) is 0.0602. The third-order valence-electron chi connectivity index (χ3n) is 19.4. The Kier molecular flexibility index (Phi) is 15.3. The van der Waals surface area contributed by atoms with Gasteiger partial charge in [-0.25, -0.2) is 13.1 Å². The number of rotatable bonds is 14. The second-order valence-electron chi connectivity index (χ2n) is 24.8. The number of hydrogen-bond acceptors (Lipinski definition) is 16. The van der Waals surface area contributed by atoms with Crippen LogP contribution in [0.15, 0.2) is 83.9 Å². The molecule has 0 unspecified atom stereocenters. The molecule has 434 valence electrons. The van der Waals surface area contributed by atoms with E-state index < -0.39 is 43.1 Å². The molecule has 12 rings (SSSR count). The number of amides is 1. The largest absolute Gasteiger partial charge is 0.491 e. The number of aromatic amines is 1. The van der Waals surface area contributed by atoms with Crippen molar-refractivity contribution in [2.24, 2.45) is 17.3 Å². The number of hydrogen-bond donors (Lipinski definition) is 4. The lowest BCUT2D eigenvalue weighted by atomic mass is 9.52. The van der Waals surface area contributed by atoms with E-state index in [4.69, 9.17) is 23.9 Å². The van der Waals surface area contributed by atoms with Crippen molar-refractivity contribution in [2.45, 2.75) is 152 Å². The van der Waals surface area contributed by atoms with E-state index >= 15 is 0 Å². The molecule has 2 saturated carbocycles. The lowest BCUT2D eigenvalue weighted by molar-refractivity contribution is -0.384. The zero-order chi connectivity index (χ0) is 56.4. The van der Waals surface area contributed by atoms with Crippen molar-refractivity contribution >= 4 is 55.4 Å². The third kappa shape index (κ3) is 11.0. The molecule has 19 nitrogen and oxygen atoms in total. The van der Waals surface area contributed by atoms with Crippen LogP contribution in [0.1, 0.15) is 121 Å². The van der Waals surface area contributed by atoms with Crippen LogP contribution in [0, 0.1) is 27.4 Å². The number of para-hydroxylation sites is 1. The first-order chi connectivity index (χ1) is 38.9. The van der Waals surface area contributed by atoms with Gasteiger partial charge in [0.25, 0.3) is 21.6 Å².